The van der Waals surface area contributed by atoms with E-state index in [0.717, 1.165) is 25.8 Å². The van der Waals surface area contributed by atoms with Gasteiger partial charge in [-0.05, 0) is 172 Å². The zero-order chi connectivity index (χ0) is 37.8. The van der Waals surface area contributed by atoms with Crippen LogP contribution in [0.4, 0.5) is 4.39 Å². The number of carbonyl (C=O) groups is 1. The van der Waals surface area contributed by atoms with Gasteiger partial charge >= 0.3 is 5.97 Å². The third-order valence-electron chi connectivity index (χ3n) is 18.2. The van der Waals surface area contributed by atoms with Gasteiger partial charge in [0.15, 0.2) is 0 Å². The lowest BCUT2D eigenvalue weighted by atomic mass is 9.33. The normalized spacial score (nSPS) is 46.7. The number of rotatable bonds is 8. The zero-order valence-electron chi connectivity index (χ0n) is 33.2. The van der Waals surface area contributed by atoms with E-state index in [0.29, 0.717) is 73.2 Å². The first-order chi connectivity index (χ1) is 24.2. The van der Waals surface area contributed by atoms with Gasteiger partial charge in [0.1, 0.15) is 6.67 Å². The molecule has 0 bridgehead atoms. The highest BCUT2D eigenvalue weighted by Gasteiger charge is 2.70. The number of alkyl halides is 1. The van der Waals surface area contributed by atoms with Gasteiger partial charge in [-0.15, -0.1) is 0 Å². The third-order valence-corrected chi connectivity index (χ3v) is 19.9. The molecule has 294 valence electrons. The van der Waals surface area contributed by atoms with Crippen molar-refractivity contribution in [3.05, 3.63) is 35.5 Å². The van der Waals surface area contributed by atoms with Crippen LogP contribution >= 0.6 is 10.6 Å². The van der Waals surface area contributed by atoms with Crippen LogP contribution in [0.1, 0.15) is 138 Å². The lowest BCUT2D eigenvalue weighted by Crippen LogP contribution is -2.68. The van der Waals surface area contributed by atoms with E-state index in [1.54, 1.807) is 0 Å². The van der Waals surface area contributed by atoms with Crippen molar-refractivity contribution in [2.45, 2.75) is 149 Å². The molecular weight excluding hydrogens is 674 g/mol. The van der Waals surface area contributed by atoms with Crippen LogP contribution in [0.3, 0.4) is 0 Å². The molecule has 1 unspecified atom stereocenters. The molecule has 5 fully saturated rings. The molecule has 1 aliphatic heterocycles. The minimum Gasteiger partial charge on any atom is -0.481 e. The molecule has 0 aromatic heterocycles. The van der Waals surface area contributed by atoms with Crippen LogP contribution in [0.15, 0.2) is 35.5 Å². The highest BCUT2D eigenvalue weighted by molar-refractivity contribution is 8.24. The molecule has 7 aliphatic rings. The van der Waals surface area contributed by atoms with Gasteiger partial charge in [-0.2, -0.15) is 10.6 Å². The molecule has 0 amide bonds. The Morgan fingerprint density at radius 1 is 0.904 bits per heavy atom. The van der Waals surface area contributed by atoms with Crippen LogP contribution in [-0.2, 0) is 4.79 Å². The Morgan fingerprint density at radius 3 is 2.23 bits per heavy atom. The molecule has 5 N–H and O–H groups in total. The highest BCUT2D eigenvalue weighted by Crippen LogP contribution is 2.76. The molecule has 0 radical (unpaired) electrons. The standard InChI is InChI=1S/C44H70FNO5S/c1-29(2)31-12-19-44(46-25-22-43(49)23-26-52(50,51)27-24-43)21-20-40(6)33(36(31)44)8-9-35-39(5)15-13-32(38(3,4)34(39)14-16-41(35,40)7)30-10-17-42(28-45,18-11-30)37(47)48/h10,13,31,33-36,46,49-51H,1,8-9,11-12,14-28H2,2-7H3,(H,47,48)/t31-,33+,34-,35+,36+,39-,40+,41+,42?,44-/m0/s1. The van der Waals surface area contributed by atoms with Crippen LogP contribution in [0.2, 0.25) is 0 Å². The SMILES string of the molecule is C=C(C)[C@@H]1CC[C@]2(NCCC3(O)CCS(O)(O)CC3)CC[C@]3(C)[C@H](CC[C@@H]4[C@@]5(C)CC=C(C6=CCC(CF)(C(=O)O)CC6)C(C)(C)[C@@H]5CC[C@]43C)[C@@H]12. The Hall–Kier alpha value is -1.19. The highest BCUT2D eigenvalue weighted by atomic mass is 32.3. The quantitative estimate of drug-likeness (QED) is 0.158. The molecule has 7 rings (SSSR count). The van der Waals surface area contributed by atoms with Gasteiger partial charge in [-0.25, -0.2) is 4.39 Å². The lowest BCUT2D eigenvalue weighted by molar-refractivity contribution is -0.221. The first-order valence-corrected chi connectivity index (χ1v) is 22.7. The maximum Gasteiger partial charge on any atom is 0.312 e. The second-order valence-electron chi connectivity index (χ2n) is 20.6. The molecule has 0 aromatic rings. The van der Waals surface area contributed by atoms with Crippen LogP contribution in [0, 0.1) is 56.7 Å². The molecule has 8 heteroatoms. The van der Waals surface area contributed by atoms with Gasteiger partial charge in [-0.1, -0.05) is 58.9 Å². The van der Waals surface area contributed by atoms with E-state index in [4.69, 9.17) is 0 Å². The van der Waals surface area contributed by atoms with E-state index in [1.165, 1.54) is 55.2 Å². The van der Waals surface area contributed by atoms with Crippen molar-refractivity contribution in [2.24, 2.45) is 56.7 Å². The number of hydrogen-bond donors (Lipinski definition) is 5. The number of nitrogens with one attached hydrogen (secondary N) is 1. The topological polar surface area (TPSA) is 110 Å². The summed E-state index contributed by atoms with van der Waals surface area (Å²) in [7, 11) is -2.53. The number of carboxylic acid groups (broad SMARTS) is 1. The average molecular weight is 744 g/mol. The molecule has 1 heterocycles. The van der Waals surface area contributed by atoms with Crippen molar-refractivity contribution in [2.75, 3.05) is 24.7 Å². The van der Waals surface area contributed by atoms with Gasteiger partial charge in [0.05, 0.1) is 11.0 Å². The largest absolute Gasteiger partial charge is 0.481 e. The van der Waals surface area contributed by atoms with Gasteiger partial charge in [0.25, 0.3) is 0 Å². The summed E-state index contributed by atoms with van der Waals surface area (Å²) in [4.78, 5) is 12.0. The van der Waals surface area contributed by atoms with Crippen molar-refractivity contribution in [3.63, 3.8) is 0 Å². The van der Waals surface area contributed by atoms with Crippen molar-refractivity contribution in [3.8, 4) is 0 Å². The van der Waals surface area contributed by atoms with Crippen molar-refractivity contribution in [1.82, 2.24) is 5.32 Å². The van der Waals surface area contributed by atoms with E-state index < -0.39 is 34.2 Å². The molecule has 0 aromatic carbocycles. The summed E-state index contributed by atoms with van der Waals surface area (Å²) in [5.74, 6) is 2.45. The van der Waals surface area contributed by atoms with Crippen LogP contribution in [0.25, 0.3) is 0 Å². The number of carboxylic acids is 1. The number of halogens is 1. The predicted octanol–water partition coefficient (Wildman–Crippen LogP) is 10.3. The summed E-state index contributed by atoms with van der Waals surface area (Å²) in [5.41, 5.74) is 2.56. The minimum atomic E-state index is -2.53. The predicted molar refractivity (Wildman–Crippen MR) is 210 cm³/mol. The Bertz CT molecular complexity index is 1510. The maximum absolute atomic E-state index is 14.0. The van der Waals surface area contributed by atoms with Gasteiger partial charge in [-0.3, -0.25) is 13.9 Å². The van der Waals surface area contributed by atoms with Crippen LogP contribution in [-0.4, -0.2) is 61.2 Å². The fraction of sp³-hybridized carbons (Fsp3) is 0.841. The van der Waals surface area contributed by atoms with E-state index in [1.807, 2.05) is 0 Å². The number of hydrogen-bond acceptors (Lipinski definition) is 5. The summed E-state index contributed by atoms with van der Waals surface area (Å²) in [6.45, 7) is 19.6. The summed E-state index contributed by atoms with van der Waals surface area (Å²) in [5, 5.41) is 25.4. The fourth-order valence-electron chi connectivity index (χ4n) is 14.8. The molecule has 10 atom stereocenters. The van der Waals surface area contributed by atoms with Gasteiger partial charge < -0.3 is 15.5 Å². The number of aliphatic hydroxyl groups is 1. The van der Waals surface area contributed by atoms with E-state index in [9.17, 15) is 28.5 Å². The smallest absolute Gasteiger partial charge is 0.312 e. The molecule has 1 saturated heterocycles. The molecule has 0 spiro atoms. The molecule has 4 saturated carbocycles. The molecule has 6 aliphatic carbocycles. The minimum absolute atomic E-state index is 0.0292. The number of allylic oxidation sites excluding steroid dienone is 5. The first-order valence-electron chi connectivity index (χ1n) is 20.8. The second-order valence-corrected chi connectivity index (χ2v) is 23.1. The Kier molecular flexibility index (Phi) is 9.71. The van der Waals surface area contributed by atoms with Crippen LogP contribution in [0.5, 0.6) is 0 Å². The Morgan fingerprint density at radius 2 is 1.62 bits per heavy atom. The lowest BCUT2D eigenvalue weighted by Gasteiger charge is -2.72. The fourth-order valence-corrected chi connectivity index (χ4v) is 16.5. The van der Waals surface area contributed by atoms with Crippen LogP contribution < -0.4 is 5.32 Å². The average Bonchev–Trinajstić information content (AvgIpc) is 3.46. The third kappa shape index (κ3) is 5.79. The number of fused-ring (bicyclic) bond motifs is 7. The van der Waals surface area contributed by atoms with E-state index in [2.05, 4.69) is 65.6 Å². The second kappa shape index (κ2) is 12.9. The van der Waals surface area contributed by atoms with Gasteiger partial charge in [0.2, 0.25) is 0 Å². The molecule has 6 nitrogen and oxygen atoms in total. The van der Waals surface area contributed by atoms with Crippen molar-refractivity contribution >= 4 is 16.6 Å². The van der Waals surface area contributed by atoms with Crippen molar-refractivity contribution in [1.29, 1.82) is 0 Å². The van der Waals surface area contributed by atoms with Crippen molar-refractivity contribution < 1.29 is 28.5 Å². The summed E-state index contributed by atoms with van der Waals surface area (Å²) in [6.07, 6.45) is 18.2. The van der Waals surface area contributed by atoms with E-state index >= 15 is 0 Å². The first kappa shape index (κ1) is 39.1. The summed E-state index contributed by atoms with van der Waals surface area (Å²) < 4.78 is 34.3. The Balaban J connectivity index is 1.13. The zero-order valence-corrected chi connectivity index (χ0v) is 34.0. The maximum atomic E-state index is 14.0. The summed E-state index contributed by atoms with van der Waals surface area (Å²) in [6, 6.07) is 0. The summed E-state index contributed by atoms with van der Waals surface area (Å²) >= 11 is 0. The van der Waals surface area contributed by atoms with Gasteiger partial charge in [0, 0.05) is 17.0 Å². The monoisotopic (exact) mass is 743 g/mol. The molecular formula is C44H70FNO5S. The number of aliphatic carboxylic acids is 1. The molecule has 52 heavy (non-hydrogen) atoms. The Labute approximate surface area is 315 Å². The van der Waals surface area contributed by atoms with E-state index in [-0.39, 0.29) is 33.6 Å².